The Morgan fingerprint density at radius 3 is 2.63 bits per heavy atom. The minimum Gasteiger partial charge on any atom is -0.353 e. The number of benzene rings is 1. The number of thioether (sulfide) groups is 1. The Morgan fingerprint density at radius 1 is 1.37 bits per heavy atom. The van der Waals surface area contributed by atoms with Crippen LogP contribution in [-0.4, -0.2) is 24.7 Å². The van der Waals surface area contributed by atoms with E-state index in [1.165, 1.54) is 10.5 Å². The summed E-state index contributed by atoms with van der Waals surface area (Å²) in [7, 11) is 1.96. The van der Waals surface area contributed by atoms with Crippen molar-refractivity contribution in [3.8, 4) is 0 Å². The zero-order chi connectivity index (χ0) is 13.7. The molecule has 0 bridgehead atoms. The molecular formula is C15H22N2OS. The average Bonchev–Trinajstić information content (AvgIpc) is 3.22. The van der Waals surface area contributed by atoms with Crippen LogP contribution in [0.15, 0.2) is 29.2 Å². The molecule has 0 spiro atoms. The maximum absolute atomic E-state index is 11.5. The van der Waals surface area contributed by atoms with Crippen LogP contribution in [0.3, 0.4) is 0 Å². The SMILES string of the molecule is CNC(C)c1ccc(SCCC(=O)NC2CC2)cc1. The fraction of sp³-hybridized carbons (Fsp3) is 0.533. The lowest BCUT2D eigenvalue weighted by Crippen LogP contribution is -2.25. The second kappa shape index (κ2) is 6.96. The van der Waals surface area contributed by atoms with Crippen molar-refractivity contribution >= 4 is 17.7 Å². The minimum absolute atomic E-state index is 0.190. The van der Waals surface area contributed by atoms with Crippen molar-refractivity contribution in [3.05, 3.63) is 29.8 Å². The molecule has 1 aromatic rings. The first kappa shape index (κ1) is 14.4. The van der Waals surface area contributed by atoms with Crippen LogP contribution in [-0.2, 0) is 4.79 Å². The minimum atomic E-state index is 0.190. The van der Waals surface area contributed by atoms with Crippen LogP contribution >= 0.6 is 11.8 Å². The highest BCUT2D eigenvalue weighted by Crippen LogP contribution is 2.22. The fourth-order valence-corrected chi connectivity index (χ4v) is 2.66. The number of rotatable bonds is 7. The van der Waals surface area contributed by atoms with Crippen LogP contribution in [0.1, 0.15) is 37.8 Å². The highest BCUT2D eigenvalue weighted by atomic mass is 32.2. The van der Waals surface area contributed by atoms with Gasteiger partial charge in [-0.15, -0.1) is 11.8 Å². The van der Waals surface area contributed by atoms with E-state index in [1.54, 1.807) is 11.8 Å². The molecule has 3 nitrogen and oxygen atoms in total. The predicted molar refractivity (Wildman–Crippen MR) is 80.4 cm³/mol. The van der Waals surface area contributed by atoms with Gasteiger partial charge in [-0.25, -0.2) is 0 Å². The van der Waals surface area contributed by atoms with E-state index >= 15 is 0 Å². The molecule has 1 fully saturated rings. The Bertz CT molecular complexity index is 415. The summed E-state index contributed by atoms with van der Waals surface area (Å²) in [6, 6.07) is 9.41. The molecule has 1 aliphatic carbocycles. The second-order valence-corrected chi connectivity index (χ2v) is 6.19. The molecule has 1 unspecified atom stereocenters. The number of nitrogens with one attached hydrogen (secondary N) is 2. The van der Waals surface area contributed by atoms with Gasteiger partial charge in [0.15, 0.2) is 0 Å². The Balaban J connectivity index is 1.71. The molecule has 1 atom stereocenters. The molecule has 0 aliphatic heterocycles. The molecule has 0 heterocycles. The van der Waals surface area contributed by atoms with E-state index in [0.29, 0.717) is 18.5 Å². The largest absolute Gasteiger partial charge is 0.353 e. The fourth-order valence-electron chi connectivity index (χ4n) is 1.81. The van der Waals surface area contributed by atoms with E-state index in [0.717, 1.165) is 18.6 Å². The summed E-state index contributed by atoms with van der Waals surface area (Å²) in [6.45, 7) is 2.14. The van der Waals surface area contributed by atoms with Crippen LogP contribution in [0.5, 0.6) is 0 Å². The van der Waals surface area contributed by atoms with Gasteiger partial charge in [0, 0.05) is 29.2 Å². The molecule has 1 aromatic carbocycles. The molecule has 2 rings (SSSR count). The third kappa shape index (κ3) is 4.88. The molecule has 0 aromatic heterocycles. The van der Waals surface area contributed by atoms with Crippen LogP contribution in [0.4, 0.5) is 0 Å². The van der Waals surface area contributed by atoms with Gasteiger partial charge in [-0.1, -0.05) is 12.1 Å². The highest BCUT2D eigenvalue weighted by Gasteiger charge is 2.22. The van der Waals surface area contributed by atoms with E-state index in [4.69, 9.17) is 0 Å². The standard InChI is InChI=1S/C15H22N2OS/c1-11(16-2)12-3-7-14(8-4-12)19-10-9-15(18)17-13-5-6-13/h3-4,7-8,11,13,16H,5-6,9-10H2,1-2H3,(H,17,18). The first-order valence-electron chi connectivity index (χ1n) is 6.88. The van der Waals surface area contributed by atoms with Crippen molar-refractivity contribution in [2.75, 3.05) is 12.8 Å². The van der Waals surface area contributed by atoms with Crippen molar-refractivity contribution in [1.82, 2.24) is 10.6 Å². The van der Waals surface area contributed by atoms with Crippen molar-refractivity contribution in [3.63, 3.8) is 0 Å². The van der Waals surface area contributed by atoms with Crippen LogP contribution in [0.2, 0.25) is 0 Å². The lowest BCUT2D eigenvalue weighted by molar-refractivity contribution is -0.120. The zero-order valence-corrected chi connectivity index (χ0v) is 12.4. The monoisotopic (exact) mass is 278 g/mol. The van der Waals surface area contributed by atoms with Crippen molar-refractivity contribution in [2.24, 2.45) is 0 Å². The summed E-state index contributed by atoms with van der Waals surface area (Å²) in [5, 5.41) is 6.23. The zero-order valence-electron chi connectivity index (χ0n) is 11.6. The molecule has 4 heteroatoms. The molecule has 19 heavy (non-hydrogen) atoms. The third-order valence-corrected chi connectivity index (χ3v) is 4.37. The molecule has 0 saturated heterocycles. The smallest absolute Gasteiger partial charge is 0.221 e. The van der Waals surface area contributed by atoms with E-state index in [9.17, 15) is 4.79 Å². The maximum atomic E-state index is 11.5. The van der Waals surface area contributed by atoms with E-state index < -0.39 is 0 Å². The topological polar surface area (TPSA) is 41.1 Å². The third-order valence-electron chi connectivity index (χ3n) is 3.35. The van der Waals surface area contributed by atoms with Crippen molar-refractivity contribution in [2.45, 2.75) is 43.2 Å². The number of hydrogen-bond donors (Lipinski definition) is 2. The van der Waals surface area contributed by atoms with Gasteiger partial charge in [-0.2, -0.15) is 0 Å². The van der Waals surface area contributed by atoms with Gasteiger partial charge >= 0.3 is 0 Å². The lowest BCUT2D eigenvalue weighted by atomic mass is 10.1. The van der Waals surface area contributed by atoms with E-state index in [2.05, 4.69) is 41.8 Å². The van der Waals surface area contributed by atoms with Gasteiger partial charge in [0.2, 0.25) is 5.91 Å². The normalized spacial score (nSPS) is 16.1. The summed E-state index contributed by atoms with van der Waals surface area (Å²) in [5.74, 6) is 1.04. The maximum Gasteiger partial charge on any atom is 0.221 e. The summed E-state index contributed by atoms with van der Waals surface area (Å²) in [6.07, 6.45) is 2.92. The average molecular weight is 278 g/mol. The van der Waals surface area contributed by atoms with Gasteiger partial charge in [0.1, 0.15) is 0 Å². The summed E-state index contributed by atoms with van der Waals surface area (Å²) < 4.78 is 0. The number of carbonyl (C=O) groups is 1. The summed E-state index contributed by atoms with van der Waals surface area (Å²) >= 11 is 1.74. The predicted octanol–water partition coefficient (Wildman–Crippen LogP) is 2.73. The first-order chi connectivity index (χ1) is 9.19. The second-order valence-electron chi connectivity index (χ2n) is 5.02. The summed E-state index contributed by atoms with van der Waals surface area (Å²) in [5.41, 5.74) is 1.29. The van der Waals surface area contributed by atoms with Gasteiger partial charge in [-0.3, -0.25) is 4.79 Å². The van der Waals surface area contributed by atoms with Crippen LogP contribution in [0, 0.1) is 0 Å². The lowest BCUT2D eigenvalue weighted by Gasteiger charge is -2.11. The Labute approximate surface area is 119 Å². The first-order valence-corrected chi connectivity index (χ1v) is 7.87. The van der Waals surface area contributed by atoms with Gasteiger partial charge in [0.05, 0.1) is 0 Å². The molecule has 1 aliphatic rings. The van der Waals surface area contributed by atoms with E-state index in [-0.39, 0.29) is 5.91 Å². The van der Waals surface area contributed by atoms with Crippen molar-refractivity contribution < 1.29 is 4.79 Å². The Hall–Kier alpha value is -1.00. The molecular weight excluding hydrogens is 256 g/mol. The molecule has 0 radical (unpaired) electrons. The molecule has 104 valence electrons. The van der Waals surface area contributed by atoms with Gasteiger partial charge in [-0.05, 0) is 44.5 Å². The number of amides is 1. The van der Waals surface area contributed by atoms with Gasteiger partial charge < -0.3 is 10.6 Å². The van der Waals surface area contributed by atoms with Crippen molar-refractivity contribution in [1.29, 1.82) is 0 Å². The Kier molecular flexibility index (Phi) is 5.28. The Morgan fingerprint density at radius 2 is 2.05 bits per heavy atom. The van der Waals surface area contributed by atoms with Crippen LogP contribution in [0.25, 0.3) is 0 Å². The van der Waals surface area contributed by atoms with Gasteiger partial charge in [0.25, 0.3) is 0 Å². The molecule has 2 N–H and O–H groups in total. The molecule has 1 saturated carbocycles. The summed E-state index contributed by atoms with van der Waals surface area (Å²) in [4.78, 5) is 12.8. The molecule has 1 amide bonds. The highest BCUT2D eigenvalue weighted by molar-refractivity contribution is 7.99. The van der Waals surface area contributed by atoms with Crippen LogP contribution < -0.4 is 10.6 Å². The number of carbonyl (C=O) groups excluding carboxylic acids is 1. The number of hydrogen-bond acceptors (Lipinski definition) is 3. The quantitative estimate of drug-likeness (QED) is 0.754. The van der Waals surface area contributed by atoms with E-state index in [1.807, 2.05) is 7.05 Å².